The molecule has 1 aliphatic carbocycles. The Bertz CT molecular complexity index is 730. The molecular weight excluding hydrogens is 300 g/mol. The van der Waals surface area contributed by atoms with Crippen LogP contribution in [0.3, 0.4) is 0 Å². The van der Waals surface area contributed by atoms with Crippen molar-refractivity contribution in [1.82, 2.24) is 9.96 Å². The van der Waals surface area contributed by atoms with Crippen LogP contribution in [0.25, 0.3) is 0 Å². The van der Waals surface area contributed by atoms with Crippen molar-refractivity contribution in [2.24, 2.45) is 0 Å². The maximum Gasteiger partial charge on any atom is 0.254 e. The zero-order valence-electron chi connectivity index (χ0n) is 15.0. The molecular formula is C20H24N2O2. The molecule has 0 aromatic heterocycles. The summed E-state index contributed by atoms with van der Waals surface area (Å²) in [6, 6.07) is 7.21. The molecule has 0 bridgehead atoms. The molecule has 1 aliphatic rings. The molecule has 0 heterocycles. The fraction of sp³-hybridized carbons (Fsp3) is 0.450. The summed E-state index contributed by atoms with van der Waals surface area (Å²) in [5, 5.41) is 10.7. The molecule has 1 aromatic rings. The number of hydroxylamine groups is 2. The molecule has 4 heteroatoms. The normalized spacial score (nSPS) is 15.0. The van der Waals surface area contributed by atoms with Gasteiger partial charge in [0.05, 0.1) is 0 Å². The smallest absolute Gasteiger partial charge is 0.254 e. The molecule has 0 unspecified atom stereocenters. The average molecular weight is 324 g/mol. The fourth-order valence-corrected chi connectivity index (χ4v) is 2.09. The number of hydrogen-bond donors (Lipinski definition) is 1. The summed E-state index contributed by atoms with van der Waals surface area (Å²) in [6.45, 7) is 6.00. The Hall–Kier alpha value is -2.27. The van der Waals surface area contributed by atoms with Gasteiger partial charge in [-0.2, -0.15) is 5.06 Å². The molecule has 0 saturated heterocycles. The van der Waals surface area contributed by atoms with E-state index in [9.17, 15) is 10.0 Å². The molecule has 1 saturated carbocycles. The SMILES string of the molecule is CN(C(=O)c1ccc(C#CC#CC2(N(C)O)CC2)cc1)C(C)(C)C. The Kier molecular flexibility index (Phi) is 5.04. The van der Waals surface area contributed by atoms with Gasteiger partial charge in [-0.3, -0.25) is 4.79 Å². The molecule has 1 amide bonds. The summed E-state index contributed by atoms with van der Waals surface area (Å²) in [5.74, 6) is 11.6. The minimum absolute atomic E-state index is 0.0107. The summed E-state index contributed by atoms with van der Waals surface area (Å²) in [7, 11) is 3.41. The van der Waals surface area contributed by atoms with Crippen molar-refractivity contribution in [2.45, 2.75) is 44.7 Å². The predicted molar refractivity (Wildman–Crippen MR) is 94.5 cm³/mol. The van der Waals surface area contributed by atoms with Crippen molar-refractivity contribution < 1.29 is 10.0 Å². The lowest BCUT2D eigenvalue weighted by Crippen LogP contribution is -2.42. The molecule has 0 spiro atoms. The summed E-state index contributed by atoms with van der Waals surface area (Å²) in [5.41, 5.74) is 0.830. The highest BCUT2D eigenvalue weighted by Gasteiger charge is 2.45. The van der Waals surface area contributed by atoms with E-state index in [-0.39, 0.29) is 11.4 Å². The van der Waals surface area contributed by atoms with Crippen molar-refractivity contribution >= 4 is 5.91 Å². The molecule has 0 radical (unpaired) electrons. The summed E-state index contributed by atoms with van der Waals surface area (Å²) in [6.07, 6.45) is 1.74. The Morgan fingerprint density at radius 1 is 1.12 bits per heavy atom. The van der Waals surface area contributed by atoms with E-state index in [4.69, 9.17) is 0 Å². The van der Waals surface area contributed by atoms with E-state index < -0.39 is 5.54 Å². The lowest BCUT2D eigenvalue weighted by molar-refractivity contribution is -0.0951. The van der Waals surface area contributed by atoms with E-state index in [1.807, 2.05) is 32.9 Å². The number of carbonyl (C=O) groups is 1. The Labute approximate surface area is 144 Å². The highest BCUT2D eigenvalue weighted by Crippen LogP contribution is 2.38. The van der Waals surface area contributed by atoms with Crippen LogP contribution in [0.2, 0.25) is 0 Å². The summed E-state index contributed by atoms with van der Waals surface area (Å²) < 4.78 is 0. The quantitative estimate of drug-likeness (QED) is 0.672. The minimum atomic E-state index is -0.400. The van der Waals surface area contributed by atoms with Gasteiger partial charge >= 0.3 is 0 Å². The van der Waals surface area contributed by atoms with Gasteiger partial charge in [-0.15, -0.1) is 0 Å². The van der Waals surface area contributed by atoms with Gasteiger partial charge < -0.3 is 10.1 Å². The Morgan fingerprint density at radius 3 is 2.17 bits per heavy atom. The third-order valence-electron chi connectivity index (χ3n) is 4.35. The highest BCUT2D eigenvalue weighted by atomic mass is 16.5. The maximum absolute atomic E-state index is 12.4. The second-order valence-electron chi connectivity index (χ2n) is 7.17. The third kappa shape index (κ3) is 4.17. The second-order valence-corrected chi connectivity index (χ2v) is 7.17. The van der Waals surface area contributed by atoms with Crippen LogP contribution < -0.4 is 0 Å². The summed E-state index contributed by atoms with van der Waals surface area (Å²) in [4.78, 5) is 14.1. The molecule has 1 N–H and O–H groups in total. The number of amides is 1. The van der Waals surface area contributed by atoms with Gasteiger partial charge in [0.1, 0.15) is 5.54 Å². The Morgan fingerprint density at radius 2 is 1.71 bits per heavy atom. The van der Waals surface area contributed by atoms with Crippen LogP contribution in [0.4, 0.5) is 0 Å². The standard InChI is InChI=1S/C20H24N2O2/c1-19(2,3)21(4)18(23)17-11-9-16(10-12-17)8-6-7-13-20(14-15-20)22(5)24/h9-12,24H,14-15H2,1-5H3. The second kappa shape index (κ2) is 6.69. The highest BCUT2D eigenvalue weighted by molar-refractivity contribution is 5.94. The molecule has 24 heavy (non-hydrogen) atoms. The molecule has 126 valence electrons. The Balaban J connectivity index is 2.05. The molecule has 0 aliphatic heterocycles. The van der Waals surface area contributed by atoms with E-state index in [1.54, 1.807) is 31.1 Å². The van der Waals surface area contributed by atoms with Crippen molar-refractivity contribution in [2.75, 3.05) is 14.1 Å². The topological polar surface area (TPSA) is 43.8 Å². The number of hydrogen-bond acceptors (Lipinski definition) is 3. The first-order chi connectivity index (χ1) is 11.2. The first kappa shape index (κ1) is 18.1. The lowest BCUT2D eigenvalue weighted by Gasteiger charge is -2.32. The van der Waals surface area contributed by atoms with E-state index >= 15 is 0 Å². The third-order valence-corrected chi connectivity index (χ3v) is 4.35. The van der Waals surface area contributed by atoms with Gasteiger partial charge in [-0.1, -0.05) is 11.8 Å². The van der Waals surface area contributed by atoms with Crippen LogP contribution in [-0.4, -0.2) is 46.3 Å². The number of benzene rings is 1. The van der Waals surface area contributed by atoms with Gasteiger partial charge in [0.25, 0.3) is 5.91 Å². The fourth-order valence-electron chi connectivity index (χ4n) is 2.09. The van der Waals surface area contributed by atoms with Crippen molar-refractivity contribution in [3.63, 3.8) is 0 Å². The first-order valence-electron chi connectivity index (χ1n) is 8.00. The van der Waals surface area contributed by atoms with E-state index in [0.717, 1.165) is 23.5 Å². The molecule has 0 atom stereocenters. The summed E-state index contributed by atoms with van der Waals surface area (Å²) >= 11 is 0. The van der Waals surface area contributed by atoms with Crippen LogP contribution >= 0.6 is 0 Å². The van der Waals surface area contributed by atoms with Crippen LogP contribution in [-0.2, 0) is 0 Å². The average Bonchev–Trinajstić information content (AvgIpc) is 3.31. The maximum atomic E-state index is 12.4. The lowest BCUT2D eigenvalue weighted by atomic mass is 10.0. The first-order valence-corrected chi connectivity index (χ1v) is 8.00. The van der Waals surface area contributed by atoms with E-state index in [1.165, 1.54) is 0 Å². The zero-order valence-corrected chi connectivity index (χ0v) is 15.0. The molecule has 4 nitrogen and oxygen atoms in total. The minimum Gasteiger partial charge on any atom is -0.337 e. The van der Waals surface area contributed by atoms with Gasteiger partial charge in [-0.25, -0.2) is 0 Å². The zero-order chi connectivity index (χ0) is 18.0. The van der Waals surface area contributed by atoms with E-state index in [0.29, 0.717) is 5.56 Å². The van der Waals surface area contributed by atoms with Gasteiger partial charge in [0.15, 0.2) is 0 Å². The number of rotatable bonds is 2. The van der Waals surface area contributed by atoms with E-state index in [2.05, 4.69) is 23.7 Å². The monoisotopic (exact) mass is 324 g/mol. The molecule has 1 aromatic carbocycles. The van der Waals surface area contributed by atoms with Gasteiger partial charge in [-0.05, 0) is 69.7 Å². The molecule has 2 rings (SSSR count). The molecule has 1 fully saturated rings. The van der Waals surface area contributed by atoms with Crippen molar-refractivity contribution in [3.05, 3.63) is 35.4 Å². The van der Waals surface area contributed by atoms with Crippen LogP contribution in [0, 0.1) is 23.7 Å². The number of nitrogens with zero attached hydrogens (tertiary/aromatic N) is 2. The van der Waals surface area contributed by atoms with Crippen LogP contribution in [0.5, 0.6) is 0 Å². The van der Waals surface area contributed by atoms with Crippen molar-refractivity contribution in [3.8, 4) is 23.7 Å². The van der Waals surface area contributed by atoms with Crippen LogP contribution in [0.1, 0.15) is 49.5 Å². The number of carbonyl (C=O) groups excluding carboxylic acids is 1. The van der Waals surface area contributed by atoms with Crippen molar-refractivity contribution in [1.29, 1.82) is 0 Å². The van der Waals surface area contributed by atoms with Crippen LogP contribution in [0.15, 0.2) is 24.3 Å². The van der Waals surface area contributed by atoms with Gasteiger partial charge in [0, 0.05) is 30.8 Å². The predicted octanol–water partition coefficient (Wildman–Crippen LogP) is 2.77. The van der Waals surface area contributed by atoms with Gasteiger partial charge in [0.2, 0.25) is 0 Å². The largest absolute Gasteiger partial charge is 0.337 e.